The van der Waals surface area contributed by atoms with Crippen LogP contribution in [0.4, 0.5) is 0 Å². The van der Waals surface area contributed by atoms with Crippen molar-refractivity contribution in [2.24, 2.45) is 0 Å². The zero-order chi connectivity index (χ0) is 9.97. The molecule has 3 nitrogen and oxygen atoms in total. The van der Waals surface area contributed by atoms with Crippen LogP contribution in [-0.4, -0.2) is 16.3 Å². The van der Waals surface area contributed by atoms with Crippen molar-refractivity contribution in [3.05, 3.63) is 22.2 Å². The standard InChI is InChI=1S/C10H11BrN2O/c11-8-6-12-10(7-2-1-3-7)13-9(8)4-5-14/h5-7H,1-4H2. The Morgan fingerprint density at radius 1 is 1.57 bits per heavy atom. The summed E-state index contributed by atoms with van der Waals surface area (Å²) in [7, 11) is 0. The lowest BCUT2D eigenvalue weighted by Crippen LogP contribution is -2.13. The first-order valence-electron chi connectivity index (χ1n) is 4.76. The number of carbonyl (C=O) groups is 1. The summed E-state index contributed by atoms with van der Waals surface area (Å²) in [4.78, 5) is 19.1. The Morgan fingerprint density at radius 2 is 2.36 bits per heavy atom. The van der Waals surface area contributed by atoms with E-state index in [2.05, 4.69) is 25.9 Å². The van der Waals surface area contributed by atoms with Crippen molar-refractivity contribution in [2.45, 2.75) is 31.6 Å². The number of hydrogen-bond donors (Lipinski definition) is 0. The van der Waals surface area contributed by atoms with Gasteiger partial charge < -0.3 is 4.79 Å². The third-order valence-electron chi connectivity index (χ3n) is 2.58. The average Bonchev–Trinajstić information content (AvgIpc) is 2.08. The van der Waals surface area contributed by atoms with E-state index in [0.717, 1.165) is 22.3 Å². The molecule has 1 aliphatic rings. The molecule has 0 bridgehead atoms. The van der Waals surface area contributed by atoms with Gasteiger partial charge in [0.2, 0.25) is 0 Å². The first-order chi connectivity index (χ1) is 6.81. The minimum Gasteiger partial charge on any atom is -0.303 e. The van der Waals surface area contributed by atoms with E-state index in [4.69, 9.17) is 0 Å². The Balaban J connectivity index is 2.25. The van der Waals surface area contributed by atoms with E-state index in [1.54, 1.807) is 6.20 Å². The molecule has 0 unspecified atom stereocenters. The van der Waals surface area contributed by atoms with Crippen molar-refractivity contribution < 1.29 is 4.79 Å². The highest BCUT2D eigenvalue weighted by Gasteiger charge is 2.22. The molecule has 0 N–H and O–H groups in total. The summed E-state index contributed by atoms with van der Waals surface area (Å²) >= 11 is 3.34. The maximum Gasteiger partial charge on any atom is 0.131 e. The monoisotopic (exact) mass is 254 g/mol. The molecule has 0 amide bonds. The zero-order valence-corrected chi connectivity index (χ0v) is 9.33. The minimum atomic E-state index is 0.364. The molecule has 14 heavy (non-hydrogen) atoms. The van der Waals surface area contributed by atoms with E-state index >= 15 is 0 Å². The molecule has 0 saturated heterocycles. The number of halogens is 1. The largest absolute Gasteiger partial charge is 0.303 e. The molecule has 4 heteroatoms. The van der Waals surface area contributed by atoms with Crippen LogP contribution in [0.5, 0.6) is 0 Å². The van der Waals surface area contributed by atoms with Gasteiger partial charge in [0.15, 0.2) is 0 Å². The van der Waals surface area contributed by atoms with Gasteiger partial charge in [-0.1, -0.05) is 6.42 Å². The van der Waals surface area contributed by atoms with Gasteiger partial charge in [-0.3, -0.25) is 0 Å². The molecule has 1 fully saturated rings. The third-order valence-corrected chi connectivity index (χ3v) is 3.24. The van der Waals surface area contributed by atoms with Crippen LogP contribution in [-0.2, 0) is 11.2 Å². The van der Waals surface area contributed by atoms with Crippen molar-refractivity contribution in [1.29, 1.82) is 0 Å². The lowest BCUT2D eigenvalue weighted by Gasteiger charge is -2.23. The lowest BCUT2D eigenvalue weighted by molar-refractivity contribution is -0.107. The Bertz CT molecular complexity index is 350. The molecule has 1 aromatic rings. The summed E-state index contributed by atoms with van der Waals surface area (Å²) in [6, 6.07) is 0. The molecule has 0 spiro atoms. The Kier molecular flexibility index (Phi) is 2.91. The van der Waals surface area contributed by atoms with Crippen LogP contribution < -0.4 is 0 Å². The van der Waals surface area contributed by atoms with Gasteiger partial charge in [0.1, 0.15) is 12.1 Å². The van der Waals surface area contributed by atoms with E-state index in [1.165, 1.54) is 19.3 Å². The predicted octanol–water partition coefficient (Wildman–Crippen LogP) is 2.25. The van der Waals surface area contributed by atoms with Crippen molar-refractivity contribution in [1.82, 2.24) is 9.97 Å². The van der Waals surface area contributed by atoms with E-state index in [9.17, 15) is 4.79 Å². The van der Waals surface area contributed by atoms with Gasteiger partial charge in [0.25, 0.3) is 0 Å². The Labute approximate surface area is 91.1 Å². The van der Waals surface area contributed by atoms with Gasteiger partial charge in [-0.05, 0) is 28.8 Å². The number of carbonyl (C=O) groups excluding carboxylic acids is 1. The fourth-order valence-electron chi connectivity index (χ4n) is 1.50. The SMILES string of the molecule is O=CCc1nc(C2CCC2)ncc1Br. The summed E-state index contributed by atoms with van der Waals surface area (Å²) in [5, 5.41) is 0. The van der Waals surface area contributed by atoms with Gasteiger partial charge in [-0.15, -0.1) is 0 Å². The normalized spacial score (nSPS) is 16.4. The second-order valence-electron chi connectivity index (χ2n) is 3.52. The predicted molar refractivity (Wildman–Crippen MR) is 56.1 cm³/mol. The number of rotatable bonds is 3. The first-order valence-corrected chi connectivity index (χ1v) is 5.55. The van der Waals surface area contributed by atoms with Crippen LogP contribution in [0.2, 0.25) is 0 Å². The van der Waals surface area contributed by atoms with Gasteiger partial charge in [0.05, 0.1) is 10.2 Å². The maximum absolute atomic E-state index is 10.4. The number of nitrogens with zero attached hydrogens (tertiary/aromatic N) is 2. The van der Waals surface area contributed by atoms with Crippen LogP contribution in [0.1, 0.15) is 36.7 Å². The molecule has 0 atom stereocenters. The van der Waals surface area contributed by atoms with E-state index in [0.29, 0.717) is 12.3 Å². The average molecular weight is 255 g/mol. The van der Waals surface area contributed by atoms with Crippen molar-refractivity contribution >= 4 is 22.2 Å². The zero-order valence-electron chi connectivity index (χ0n) is 7.74. The van der Waals surface area contributed by atoms with Gasteiger partial charge in [-0.2, -0.15) is 0 Å². The molecule has 2 rings (SSSR count). The second-order valence-corrected chi connectivity index (χ2v) is 4.38. The highest BCUT2D eigenvalue weighted by atomic mass is 79.9. The lowest BCUT2D eigenvalue weighted by atomic mass is 9.85. The molecule has 1 heterocycles. The highest BCUT2D eigenvalue weighted by Crippen LogP contribution is 2.34. The topological polar surface area (TPSA) is 42.9 Å². The van der Waals surface area contributed by atoms with Crippen LogP contribution in [0.15, 0.2) is 10.7 Å². The smallest absolute Gasteiger partial charge is 0.131 e. The highest BCUT2D eigenvalue weighted by molar-refractivity contribution is 9.10. The van der Waals surface area contributed by atoms with E-state index in [1.807, 2.05) is 0 Å². The van der Waals surface area contributed by atoms with Crippen LogP contribution in [0.25, 0.3) is 0 Å². The quantitative estimate of drug-likeness (QED) is 0.778. The van der Waals surface area contributed by atoms with Gasteiger partial charge in [0, 0.05) is 18.5 Å². The minimum absolute atomic E-state index is 0.364. The summed E-state index contributed by atoms with van der Waals surface area (Å²) < 4.78 is 0.827. The molecule has 1 aliphatic carbocycles. The molecular weight excluding hydrogens is 244 g/mol. The number of hydrogen-bond acceptors (Lipinski definition) is 3. The number of aldehydes is 1. The molecule has 0 radical (unpaired) electrons. The fourth-order valence-corrected chi connectivity index (χ4v) is 1.86. The molecular formula is C10H11BrN2O. The molecule has 74 valence electrons. The van der Waals surface area contributed by atoms with Gasteiger partial charge in [-0.25, -0.2) is 9.97 Å². The Morgan fingerprint density at radius 3 is 2.93 bits per heavy atom. The number of aromatic nitrogens is 2. The molecule has 0 aliphatic heterocycles. The molecule has 0 aromatic carbocycles. The summed E-state index contributed by atoms with van der Waals surface area (Å²) in [5.41, 5.74) is 0.803. The van der Waals surface area contributed by atoms with Crippen molar-refractivity contribution in [3.8, 4) is 0 Å². The van der Waals surface area contributed by atoms with Gasteiger partial charge >= 0.3 is 0 Å². The van der Waals surface area contributed by atoms with Crippen molar-refractivity contribution in [3.63, 3.8) is 0 Å². The first kappa shape index (κ1) is 9.77. The fraction of sp³-hybridized carbons (Fsp3) is 0.500. The third kappa shape index (κ3) is 1.85. The van der Waals surface area contributed by atoms with E-state index < -0.39 is 0 Å². The van der Waals surface area contributed by atoms with Crippen molar-refractivity contribution in [2.75, 3.05) is 0 Å². The summed E-state index contributed by atoms with van der Waals surface area (Å²) in [6.07, 6.45) is 6.62. The van der Waals surface area contributed by atoms with Crippen LogP contribution in [0.3, 0.4) is 0 Å². The second kappa shape index (κ2) is 4.17. The summed E-state index contributed by atoms with van der Waals surface area (Å²) in [6.45, 7) is 0. The van der Waals surface area contributed by atoms with Crippen LogP contribution >= 0.6 is 15.9 Å². The van der Waals surface area contributed by atoms with E-state index in [-0.39, 0.29) is 0 Å². The molecule has 1 aromatic heterocycles. The summed E-state index contributed by atoms with van der Waals surface area (Å²) in [5.74, 6) is 1.42. The Hall–Kier alpha value is -0.770. The molecule has 1 saturated carbocycles. The maximum atomic E-state index is 10.4. The van der Waals surface area contributed by atoms with Crippen LogP contribution in [0, 0.1) is 0 Å².